The standard InChI is InChI=1S/C15H20N4O2/c20-14(19-9-7-17-15(19)21)11-18-8-1-2-13(10-18)12-3-5-16-6-4-12/h3-6,13H,1-2,7-11H2,(H,17,21). The van der Waals surface area contributed by atoms with Gasteiger partial charge >= 0.3 is 6.03 Å². The minimum absolute atomic E-state index is 0.0969. The predicted molar refractivity (Wildman–Crippen MR) is 77.8 cm³/mol. The van der Waals surface area contributed by atoms with Gasteiger partial charge in [-0.05, 0) is 43.0 Å². The molecule has 0 saturated carbocycles. The minimum atomic E-state index is -0.261. The number of nitrogens with one attached hydrogen (secondary N) is 1. The van der Waals surface area contributed by atoms with Crippen molar-refractivity contribution in [1.82, 2.24) is 20.1 Å². The monoisotopic (exact) mass is 288 g/mol. The number of hydrogen-bond acceptors (Lipinski definition) is 4. The summed E-state index contributed by atoms with van der Waals surface area (Å²) in [6.45, 7) is 3.16. The van der Waals surface area contributed by atoms with Gasteiger partial charge in [0.2, 0.25) is 5.91 Å². The highest BCUT2D eigenvalue weighted by Gasteiger charge is 2.29. The number of hydrogen-bond donors (Lipinski definition) is 1. The number of pyridine rings is 1. The Morgan fingerprint density at radius 3 is 2.86 bits per heavy atom. The largest absolute Gasteiger partial charge is 0.336 e. The van der Waals surface area contributed by atoms with E-state index in [2.05, 4.69) is 15.2 Å². The van der Waals surface area contributed by atoms with E-state index < -0.39 is 0 Å². The molecule has 2 saturated heterocycles. The van der Waals surface area contributed by atoms with E-state index in [1.54, 1.807) is 0 Å². The second kappa shape index (κ2) is 6.22. The van der Waals surface area contributed by atoms with Crippen LogP contribution in [0, 0.1) is 0 Å². The maximum atomic E-state index is 12.2. The number of piperidine rings is 1. The summed E-state index contributed by atoms with van der Waals surface area (Å²) in [5.41, 5.74) is 1.28. The van der Waals surface area contributed by atoms with Crippen LogP contribution in [0.15, 0.2) is 24.5 Å². The first-order valence-electron chi connectivity index (χ1n) is 7.44. The van der Waals surface area contributed by atoms with E-state index in [0.29, 0.717) is 25.6 Å². The number of amides is 3. The average molecular weight is 288 g/mol. The first-order valence-corrected chi connectivity index (χ1v) is 7.44. The molecular weight excluding hydrogens is 268 g/mol. The van der Waals surface area contributed by atoms with Gasteiger partial charge in [0, 0.05) is 32.0 Å². The minimum Gasteiger partial charge on any atom is -0.336 e. The first kappa shape index (κ1) is 14.0. The summed E-state index contributed by atoms with van der Waals surface area (Å²) in [7, 11) is 0. The van der Waals surface area contributed by atoms with Gasteiger partial charge in [-0.2, -0.15) is 0 Å². The number of imide groups is 1. The number of rotatable bonds is 3. The molecule has 0 spiro atoms. The quantitative estimate of drug-likeness (QED) is 0.894. The topological polar surface area (TPSA) is 65.5 Å². The van der Waals surface area contributed by atoms with Gasteiger partial charge in [0.05, 0.1) is 6.54 Å². The van der Waals surface area contributed by atoms with Crippen LogP contribution in [-0.2, 0) is 4.79 Å². The summed E-state index contributed by atoms with van der Waals surface area (Å²) in [5.74, 6) is 0.349. The summed E-state index contributed by atoms with van der Waals surface area (Å²) in [5, 5.41) is 2.66. The van der Waals surface area contributed by atoms with Crippen molar-refractivity contribution in [3.8, 4) is 0 Å². The molecule has 21 heavy (non-hydrogen) atoms. The van der Waals surface area contributed by atoms with Gasteiger partial charge in [-0.3, -0.25) is 19.6 Å². The van der Waals surface area contributed by atoms with E-state index in [-0.39, 0.29) is 11.9 Å². The highest BCUT2D eigenvalue weighted by Crippen LogP contribution is 2.26. The molecule has 1 atom stereocenters. The van der Waals surface area contributed by atoms with Crippen molar-refractivity contribution in [2.24, 2.45) is 0 Å². The number of carbonyl (C=O) groups is 2. The molecule has 1 aromatic heterocycles. The van der Waals surface area contributed by atoms with E-state index in [4.69, 9.17) is 0 Å². The van der Waals surface area contributed by atoms with Crippen molar-refractivity contribution in [3.63, 3.8) is 0 Å². The molecule has 1 N–H and O–H groups in total. The number of nitrogens with zero attached hydrogens (tertiary/aromatic N) is 3. The second-order valence-electron chi connectivity index (χ2n) is 5.63. The Kier molecular flexibility index (Phi) is 4.15. The highest BCUT2D eigenvalue weighted by atomic mass is 16.2. The zero-order chi connectivity index (χ0) is 14.7. The van der Waals surface area contributed by atoms with Crippen molar-refractivity contribution in [1.29, 1.82) is 0 Å². The molecule has 6 heteroatoms. The SMILES string of the molecule is O=C(CN1CCCC(c2ccncc2)C1)N1CCNC1=O. The first-order chi connectivity index (χ1) is 10.2. The predicted octanol–water partition coefficient (Wildman–Crippen LogP) is 0.813. The maximum Gasteiger partial charge on any atom is 0.324 e. The van der Waals surface area contributed by atoms with Crippen molar-refractivity contribution in [3.05, 3.63) is 30.1 Å². The van der Waals surface area contributed by atoms with Crippen LogP contribution < -0.4 is 5.32 Å². The van der Waals surface area contributed by atoms with Crippen molar-refractivity contribution < 1.29 is 9.59 Å². The molecule has 2 aliphatic rings. The smallest absolute Gasteiger partial charge is 0.324 e. The molecule has 0 bridgehead atoms. The summed E-state index contributed by atoms with van der Waals surface area (Å²) >= 11 is 0. The van der Waals surface area contributed by atoms with Crippen LogP contribution in [0.2, 0.25) is 0 Å². The van der Waals surface area contributed by atoms with Crippen LogP contribution >= 0.6 is 0 Å². The van der Waals surface area contributed by atoms with E-state index in [1.807, 2.05) is 24.5 Å². The van der Waals surface area contributed by atoms with Crippen LogP contribution in [0.1, 0.15) is 24.3 Å². The van der Waals surface area contributed by atoms with Crippen molar-refractivity contribution >= 4 is 11.9 Å². The van der Waals surface area contributed by atoms with Crippen LogP contribution in [0.25, 0.3) is 0 Å². The van der Waals surface area contributed by atoms with Crippen molar-refractivity contribution in [2.75, 3.05) is 32.7 Å². The summed E-state index contributed by atoms with van der Waals surface area (Å²) in [6, 6.07) is 3.83. The van der Waals surface area contributed by atoms with Crippen LogP contribution in [0.3, 0.4) is 0 Å². The fourth-order valence-electron chi connectivity index (χ4n) is 3.09. The summed E-state index contributed by atoms with van der Waals surface area (Å²) in [4.78, 5) is 31.2. The lowest BCUT2D eigenvalue weighted by Gasteiger charge is -2.33. The lowest BCUT2D eigenvalue weighted by Crippen LogP contribution is -2.44. The highest BCUT2D eigenvalue weighted by molar-refractivity contribution is 5.96. The second-order valence-corrected chi connectivity index (χ2v) is 5.63. The number of aromatic nitrogens is 1. The maximum absolute atomic E-state index is 12.2. The Bertz CT molecular complexity index is 520. The third kappa shape index (κ3) is 3.21. The molecule has 3 heterocycles. The van der Waals surface area contributed by atoms with Gasteiger partial charge in [-0.25, -0.2) is 4.79 Å². The van der Waals surface area contributed by atoms with E-state index >= 15 is 0 Å². The molecule has 1 unspecified atom stereocenters. The van der Waals surface area contributed by atoms with E-state index in [0.717, 1.165) is 25.9 Å². The summed E-state index contributed by atoms with van der Waals surface area (Å²) in [6.07, 6.45) is 5.84. The molecular formula is C15H20N4O2. The number of carbonyl (C=O) groups excluding carboxylic acids is 2. The van der Waals surface area contributed by atoms with Gasteiger partial charge in [0.1, 0.15) is 0 Å². The van der Waals surface area contributed by atoms with Gasteiger partial charge in [0.25, 0.3) is 0 Å². The van der Waals surface area contributed by atoms with Crippen LogP contribution in [0.5, 0.6) is 0 Å². The lowest BCUT2D eigenvalue weighted by atomic mass is 9.91. The molecule has 6 nitrogen and oxygen atoms in total. The third-order valence-corrected chi connectivity index (χ3v) is 4.20. The Hall–Kier alpha value is -1.95. The zero-order valence-corrected chi connectivity index (χ0v) is 12.0. The Morgan fingerprint density at radius 1 is 1.33 bits per heavy atom. The molecule has 0 aromatic carbocycles. The van der Waals surface area contributed by atoms with Gasteiger partial charge in [-0.1, -0.05) is 0 Å². The molecule has 0 radical (unpaired) electrons. The average Bonchev–Trinajstić information content (AvgIpc) is 2.95. The fraction of sp³-hybridized carbons (Fsp3) is 0.533. The van der Waals surface area contributed by atoms with Crippen LogP contribution in [0.4, 0.5) is 4.79 Å². The molecule has 3 rings (SSSR count). The number of likely N-dealkylation sites (tertiary alicyclic amines) is 1. The van der Waals surface area contributed by atoms with Gasteiger partial charge < -0.3 is 5.32 Å². The summed E-state index contributed by atoms with van der Waals surface area (Å²) < 4.78 is 0. The molecule has 112 valence electrons. The Balaban J connectivity index is 1.59. The zero-order valence-electron chi connectivity index (χ0n) is 12.0. The lowest BCUT2D eigenvalue weighted by molar-refractivity contribution is -0.129. The Labute approximate surface area is 124 Å². The molecule has 2 fully saturated rings. The Morgan fingerprint density at radius 2 is 2.14 bits per heavy atom. The van der Waals surface area contributed by atoms with Gasteiger partial charge in [-0.15, -0.1) is 0 Å². The molecule has 1 aromatic rings. The fourth-order valence-corrected chi connectivity index (χ4v) is 3.09. The van der Waals surface area contributed by atoms with Crippen LogP contribution in [-0.4, -0.2) is 59.4 Å². The normalized spacial score (nSPS) is 23.1. The van der Waals surface area contributed by atoms with E-state index in [1.165, 1.54) is 10.5 Å². The molecule has 3 amide bonds. The number of urea groups is 1. The molecule has 2 aliphatic heterocycles. The van der Waals surface area contributed by atoms with E-state index in [9.17, 15) is 9.59 Å². The molecule has 0 aliphatic carbocycles. The van der Waals surface area contributed by atoms with Gasteiger partial charge in [0.15, 0.2) is 0 Å². The third-order valence-electron chi connectivity index (χ3n) is 4.20. The van der Waals surface area contributed by atoms with Crippen molar-refractivity contribution in [2.45, 2.75) is 18.8 Å².